The molecule has 0 radical (unpaired) electrons. The second-order valence-electron chi connectivity index (χ2n) is 5.77. The molecule has 0 spiro atoms. The zero-order valence-electron chi connectivity index (χ0n) is 13.3. The van der Waals surface area contributed by atoms with Crippen LogP contribution in [0.3, 0.4) is 0 Å². The van der Waals surface area contributed by atoms with Crippen LogP contribution in [0, 0.1) is 0 Å². The molecule has 1 aliphatic heterocycles. The van der Waals surface area contributed by atoms with Gasteiger partial charge in [0.15, 0.2) is 5.78 Å². The molecule has 7 heteroatoms. The second kappa shape index (κ2) is 7.23. The van der Waals surface area contributed by atoms with Crippen LogP contribution in [0.1, 0.15) is 43.5 Å². The molecule has 1 saturated heterocycles. The molecule has 1 aromatic rings. The van der Waals surface area contributed by atoms with Crippen LogP contribution in [0.5, 0.6) is 0 Å². The molecule has 1 aromatic carbocycles. The minimum absolute atomic E-state index is 0.0536. The van der Waals surface area contributed by atoms with E-state index in [0.717, 1.165) is 19.3 Å². The number of hydrogen-bond donors (Lipinski definition) is 0. The topological polar surface area (TPSA) is 80.8 Å². The average Bonchev–Trinajstić information content (AvgIpc) is 2.53. The number of benzene rings is 1. The summed E-state index contributed by atoms with van der Waals surface area (Å²) in [6.07, 6.45) is 2.69. The Hall–Kier alpha value is -1.73. The number of esters is 1. The third-order valence-electron chi connectivity index (χ3n) is 3.82. The van der Waals surface area contributed by atoms with Crippen LogP contribution in [0.4, 0.5) is 0 Å². The van der Waals surface area contributed by atoms with Gasteiger partial charge in [0.1, 0.15) is 6.61 Å². The number of ether oxygens (including phenoxy) is 1. The molecule has 0 N–H and O–H groups in total. The van der Waals surface area contributed by atoms with Crippen LogP contribution in [0.2, 0.25) is 0 Å². The van der Waals surface area contributed by atoms with E-state index >= 15 is 0 Å². The quantitative estimate of drug-likeness (QED) is 0.767. The summed E-state index contributed by atoms with van der Waals surface area (Å²) < 4.78 is 31.8. The molecule has 1 heterocycles. The van der Waals surface area contributed by atoms with Crippen molar-refractivity contribution in [3.63, 3.8) is 0 Å². The maximum absolute atomic E-state index is 12.8. The molecular formula is C16H21NO5S. The van der Waals surface area contributed by atoms with Gasteiger partial charge in [-0.3, -0.25) is 4.79 Å². The van der Waals surface area contributed by atoms with Gasteiger partial charge >= 0.3 is 5.97 Å². The van der Waals surface area contributed by atoms with E-state index in [0.29, 0.717) is 6.54 Å². The van der Waals surface area contributed by atoms with Crippen LogP contribution in [0.15, 0.2) is 29.2 Å². The predicted molar refractivity (Wildman–Crippen MR) is 84.6 cm³/mol. The SMILES string of the molecule is CC(=O)COC(=O)c1cccc(S(=O)(=O)N2CCCC[C@@H]2C)c1. The van der Waals surface area contributed by atoms with Gasteiger partial charge in [-0.05, 0) is 44.9 Å². The third kappa shape index (κ3) is 4.17. The zero-order chi connectivity index (χ0) is 17.0. The molecule has 1 fully saturated rings. The Bertz CT molecular complexity index is 698. The number of hydrogen-bond acceptors (Lipinski definition) is 5. The van der Waals surface area contributed by atoms with Crippen molar-refractivity contribution in [1.29, 1.82) is 0 Å². The summed E-state index contributed by atoms with van der Waals surface area (Å²) in [5.41, 5.74) is 0.122. The fraction of sp³-hybridized carbons (Fsp3) is 0.500. The fourth-order valence-electron chi connectivity index (χ4n) is 2.60. The van der Waals surface area contributed by atoms with Gasteiger partial charge in [-0.2, -0.15) is 4.31 Å². The lowest BCUT2D eigenvalue weighted by Gasteiger charge is -2.32. The summed E-state index contributed by atoms with van der Waals surface area (Å²) >= 11 is 0. The van der Waals surface area contributed by atoms with E-state index in [1.807, 2.05) is 6.92 Å². The van der Waals surface area contributed by atoms with Gasteiger partial charge < -0.3 is 4.74 Å². The molecule has 0 aromatic heterocycles. The van der Waals surface area contributed by atoms with Gasteiger partial charge in [0.05, 0.1) is 10.5 Å². The van der Waals surface area contributed by atoms with Crippen LogP contribution in [-0.2, 0) is 19.6 Å². The highest BCUT2D eigenvalue weighted by Crippen LogP contribution is 2.25. The van der Waals surface area contributed by atoms with Gasteiger partial charge in [-0.15, -0.1) is 0 Å². The fourth-order valence-corrected chi connectivity index (χ4v) is 4.34. The van der Waals surface area contributed by atoms with Crippen LogP contribution >= 0.6 is 0 Å². The Morgan fingerprint density at radius 3 is 2.70 bits per heavy atom. The summed E-state index contributed by atoms with van der Waals surface area (Å²) in [7, 11) is -3.64. The second-order valence-corrected chi connectivity index (χ2v) is 7.66. The van der Waals surface area contributed by atoms with E-state index in [4.69, 9.17) is 4.74 Å². The van der Waals surface area contributed by atoms with E-state index in [2.05, 4.69) is 0 Å². The van der Waals surface area contributed by atoms with E-state index < -0.39 is 16.0 Å². The largest absolute Gasteiger partial charge is 0.454 e. The van der Waals surface area contributed by atoms with Crippen molar-refractivity contribution < 1.29 is 22.7 Å². The number of carbonyl (C=O) groups excluding carboxylic acids is 2. The van der Waals surface area contributed by atoms with Gasteiger partial charge in [0.25, 0.3) is 0 Å². The number of Topliss-reactive ketones (excluding diaryl/α,β-unsaturated/α-hetero) is 1. The van der Waals surface area contributed by atoms with Crippen molar-refractivity contribution in [2.45, 2.75) is 44.0 Å². The lowest BCUT2D eigenvalue weighted by atomic mass is 10.1. The van der Waals surface area contributed by atoms with Gasteiger partial charge in [-0.25, -0.2) is 13.2 Å². The van der Waals surface area contributed by atoms with Crippen molar-refractivity contribution in [1.82, 2.24) is 4.31 Å². The zero-order valence-corrected chi connectivity index (χ0v) is 14.1. The lowest BCUT2D eigenvalue weighted by Crippen LogP contribution is -2.41. The van der Waals surface area contributed by atoms with E-state index in [1.165, 1.54) is 35.5 Å². The van der Waals surface area contributed by atoms with Crippen molar-refractivity contribution in [3.05, 3.63) is 29.8 Å². The summed E-state index contributed by atoms with van der Waals surface area (Å²) in [5, 5.41) is 0. The first-order chi connectivity index (χ1) is 10.8. The first-order valence-corrected chi connectivity index (χ1v) is 9.05. The monoisotopic (exact) mass is 339 g/mol. The molecular weight excluding hydrogens is 318 g/mol. The number of piperidine rings is 1. The Balaban J connectivity index is 2.24. The number of rotatable bonds is 5. The molecule has 2 rings (SSSR count). The highest BCUT2D eigenvalue weighted by molar-refractivity contribution is 7.89. The minimum Gasteiger partial charge on any atom is -0.454 e. The third-order valence-corrected chi connectivity index (χ3v) is 5.83. The molecule has 126 valence electrons. The molecule has 23 heavy (non-hydrogen) atoms. The van der Waals surface area contributed by atoms with Crippen molar-refractivity contribution >= 4 is 21.8 Å². The number of carbonyl (C=O) groups is 2. The summed E-state index contributed by atoms with van der Waals surface area (Å²) in [4.78, 5) is 22.8. The lowest BCUT2D eigenvalue weighted by molar-refractivity contribution is -0.120. The average molecular weight is 339 g/mol. The van der Waals surface area contributed by atoms with E-state index in [-0.39, 0.29) is 28.9 Å². The van der Waals surface area contributed by atoms with Crippen molar-refractivity contribution in [3.8, 4) is 0 Å². The first kappa shape index (κ1) is 17.6. The highest BCUT2D eigenvalue weighted by atomic mass is 32.2. The van der Waals surface area contributed by atoms with Crippen LogP contribution in [-0.4, -0.2) is 43.7 Å². The first-order valence-electron chi connectivity index (χ1n) is 7.61. The Labute approximate surface area is 136 Å². The Morgan fingerprint density at radius 1 is 1.30 bits per heavy atom. The number of ketones is 1. The standard InChI is InChI=1S/C16H21NO5S/c1-12-6-3-4-9-17(12)23(20,21)15-8-5-7-14(10-15)16(19)22-11-13(2)18/h5,7-8,10,12H,3-4,6,9,11H2,1-2H3/t12-/m0/s1. The highest BCUT2D eigenvalue weighted by Gasteiger charge is 2.31. The van der Waals surface area contributed by atoms with Gasteiger partial charge in [0, 0.05) is 12.6 Å². The summed E-state index contributed by atoms with van der Waals surface area (Å²) in [5.74, 6) is -0.979. The van der Waals surface area contributed by atoms with Gasteiger partial charge in [0.2, 0.25) is 10.0 Å². The predicted octanol–water partition coefficient (Wildman–Crippen LogP) is 2.00. The summed E-state index contributed by atoms with van der Waals surface area (Å²) in [6, 6.07) is 5.70. The van der Waals surface area contributed by atoms with Crippen LogP contribution < -0.4 is 0 Å². The molecule has 0 amide bonds. The molecule has 0 aliphatic carbocycles. The number of nitrogens with zero attached hydrogens (tertiary/aromatic N) is 1. The summed E-state index contributed by atoms with van der Waals surface area (Å²) in [6.45, 7) is 3.37. The Morgan fingerprint density at radius 2 is 2.04 bits per heavy atom. The molecule has 1 atom stereocenters. The molecule has 1 aliphatic rings. The minimum atomic E-state index is -3.64. The number of sulfonamides is 1. The maximum atomic E-state index is 12.8. The van der Waals surface area contributed by atoms with Crippen molar-refractivity contribution in [2.75, 3.05) is 13.2 Å². The van der Waals surface area contributed by atoms with Gasteiger partial charge in [-0.1, -0.05) is 12.5 Å². The van der Waals surface area contributed by atoms with E-state index in [9.17, 15) is 18.0 Å². The van der Waals surface area contributed by atoms with Crippen LogP contribution in [0.25, 0.3) is 0 Å². The molecule has 0 saturated carbocycles. The molecule has 0 bridgehead atoms. The maximum Gasteiger partial charge on any atom is 0.338 e. The Kier molecular flexibility index (Phi) is 5.54. The van der Waals surface area contributed by atoms with E-state index in [1.54, 1.807) is 0 Å². The smallest absolute Gasteiger partial charge is 0.338 e. The normalized spacial score (nSPS) is 19.3. The van der Waals surface area contributed by atoms with Crippen molar-refractivity contribution in [2.24, 2.45) is 0 Å². The molecule has 0 unspecified atom stereocenters. The molecule has 6 nitrogen and oxygen atoms in total.